The third kappa shape index (κ3) is 3.76. The van der Waals surface area contributed by atoms with Crippen LogP contribution < -0.4 is 5.73 Å². The molecule has 1 amide bonds. The SMILES string of the molecule is CO[C@@H]1CCCN(C(=O)[C@@H](N)CC(C)C)C1. The molecule has 16 heavy (non-hydrogen) atoms. The molecule has 4 nitrogen and oxygen atoms in total. The largest absolute Gasteiger partial charge is 0.380 e. The highest BCUT2D eigenvalue weighted by Crippen LogP contribution is 2.14. The molecule has 2 N–H and O–H groups in total. The topological polar surface area (TPSA) is 55.6 Å². The molecule has 0 saturated carbocycles. The van der Waals surface area contributed by atoms with Crippen molar-refractivity contribution < 1.29 is 9.53 Å². The fourth-order valence-electron chi connectivity index (χ4n) is 2.17. The lowest BCUT2D eigenvalue weighted by Gasteiger charge is -2.33. The summed E-state index contributed by atoms with van der Waals surface area (Å²) in [7, 11) is 1.70. The lowest BCUT2D eigenvalue weighted by Crippen LogP contribution is -2.50. The molecular weight excluding hydrogens is 204 g/mol. The van der Waals surface area contributed by atoms with E-state index >= 15 is 0 Å². The summed E-state index contributed by atoms with van der Waals surface area (Å²) in [5, 5.41) is 0. The van der Waals surface area contributed by atoms with Crippen LogP contribution >= 0.6 is 0 Å². The molecule has 0 aromatic carbocycles. The van der Waals surface area contributed by atoms with Gasteiger partial charge in [-0.3, -0.25) is 4.79 Å². The Hall–Kier alpha value is -0.610. The van der Waals surface area contributed by atoms with Crippen molar-refractivity contribution in [2.75, 3.05) is 20.2 Å². The number of nitrogens with zero attached hydrogens (tertiary/aromatic N) is 1. The number of ether oxygens (including phenoxy) is 1. The van der Waals surface area contributed by atoms with Crippen molar-refractivity contribution in [3.05, 3.63) is 0 Å². The van der Waals surface area contributed by atoms with Crippen LogP contribution in [0.15, 0.2) is 0 Å². The molecular formula is C12H24N2O2. The molecule has 0 aliphatic carbocycles. The Balaban J connectivity index is 2.46. The Labute approximate surface area is 98.1 Å². The number of hydrogen-bond donors (Lipinski definition) is 1. The summed E-state index contributed by atoms with van der Waals surface area (Å²) in [4.78, 5) is 13.9. The average molecular weight is 228 g/mol. The van der Waals surface area contributed by atoms with Gasteiger partial charge in [-0.15, -0.1) is 0 Å². The normalized spacial score (nSPS) is 23.6. The average Bonchev–Trinajstić information content (AvgIpc) is 2.27. The van der Waals surface area contributed by atoms with Crippen LogP contribution in [0.5, 0.6) is 0 Å². The van der Waals surface area contributed by atoms with Gasteiger partial charge in [0.05, 0.1) is 12.1 Å². The molecule has 1 aliphatic heterocycles. The van der Waals surface area contributed by atoms with E-state index in [1.54, 1.807) is 7.11 Å². The number of carbonyl (C=O) groups excluding carboxylic acids is 1. The van der Waals surface area contributed by atoms with Crippen molar-refractivity contribution in [1.82, 2.24) is 4.90 Å². The number of carbonyl (C=O) groups is 1. The number of likely N-dealkylation sites (tertiary alicyclic amines) is 1. The van der Waals surface area contributed by atoms with E-state index in [1.807, 2.05) is 4.90 Å². The van der Waals surface area contributed by atoms with Crippen molar-refractivity contribution in [3.63, 3.8) is 0 Å². The minimum absolute atomic E-state index is 0.0791. The Morgan fingerprint density at radius 1 is 1.56 bits per heavy atom. The first-order valence-corrected chi connectivity index (χ1v) is 6.11. The number of nitrogens with two attached hydrogens (primary N) is 1. The van der Waals surface area contributed by atoms with Gasteiger partial charge < -0.3 is 15.4 Å². The molecule has 1 saturated heterocycles. The van der Waals surface area contributed by atoms with Gasteiger partial charge in [-0.05, 0) is 25.2 Å². The Morgan fingerprint density at radius 2 is 2.25 bits per heavy atom. The van der Waals surface area contributed by atoms with E-state index in [9.17, 15) is 4.79 Å². The Bertz CT molecular complexity index is 231. The first kappa shape index (κ1) is 13.5. The van der Waals surface area contributed by atoms with Gasteiger partial charge in [0, 0.05) is 20.2 Å². The molecule has 0 unspecified atom stereocenters. The van der Waals surface area contributed by atoms with Crippen LogP contribution in [0, 0.1) is 5.92 Å². The monoisotopic (exact) mass is 228 g/mol. The molecule has 2 atom stereocenters. The van der Waals surface area contributed by atoms with Crippen LogP contribution in [0.1, 0.15) is 33.1 Å². The molecule has 1 fully saturated rings. The van der Waals surface area contributed by atoms with Crippen molar-refractivity contribution in [2.24, 2.45) is 11.7 Å². The minimum Gasteiger partial charge on any atom is -0.380 e. The van der Waals surface area contributed by atoms with Crippen LogP contribution in [-0.4, -0.2) is 43.2 Å². The summed E-state index contributed by atoms with van der Waals surface area (Å²) in [6.45, 7) is 5.69. The van der Waals surface area contributed by atoms with E-state index in [-0.39, 0.29) is 18.1 Å². The zero-order valence-electron chi connectivity index (χ0n) is 10.6. The molecule has 0 radical (unpaired) electrons. The predicted octanol–water partition coefficient (Wildman–Crippen LogP) is 0.997. The quantitative estimate of drug-likeness (QED) is 0.781. The molecule has 4 heteroatoms. The van der Waals surface area contributed by atoms with Crippen molar-refractivity contribution in [2.45, 2.75) is 45.3 Å². The lowest BCUT2D eigenvalue weighted by atomic mass is 10.0. The standard InChI is InChI=1S/C12H24N2O2/c1-9(2)7-11(13)12(15)14-6-4-5-10(8-14)16-3/h9-11H,4-8,13H2,1-3H3/t10-,11+/m1/s1. The zero-order valence-corrected chi connectivity index (χ0v) is 10.6. The summed E-state index contributed by atoms with van der Waals surface area (Å²) in [6.07, 6.45) is 3.00. The van der Waals surface area contributed by atoms with Gasteiger partial charge in [0.2, 0.25) is 5.91 Å². The fraction of sp³-hybridized carbons (Fsp3) is 0.917. The van der Waals surface area contributed by atoms with E-state index in [1.165, 1.54) is 0 Å². The molecule has 1 rings (SSSR count). The second kappa shape index (κ2) is 6.21. The van der Waals surface area contributed by atoms with E-state index in [4.69, 9.17) is 10.5 Å². The summed E-state index contributed by atoms with van der Waals surface area (Å²) < 4.78 is 5.30. The molecule has 1 aliphatic rings. The van der Waals surface area contributed by atoms with E-state index in [2.05, 4.69) is 13.8 Å². The maximum Gasteiger partial charge on any atom is 0.239 e. The second-order valence-electron chi connectivity index (χ2n) is 5.02. The maximum atomic E-state index is 12.0. The molecule has 94 valence electrons. The molecule has 1 heterocycles. The second-order valence-corrected chi connectivity index (χ2v) is 5.02. The fourth-order valence-corrected chi connectivity index (χ4v) is 2.17. The van der Waals surface area contributed by atoms with Crippen LogP contribution in [0.4, 0.5) is 0 Å². The van der Waals surface area contributed by atoms with E-state index in [0.29, 0.717) is 12.5 Å². The number of methoxy groups -OCH3 is 1. The summed E-state index contributed by atoms with van der Waals surface area (Å²) >= 11 is 0. The number of amides is 1. The smallest absolute Gasteiger partial charge is 0.239 e. The number of rotatable bonds is 4. The van der Waals surface area contributed by atoms with Gasteiger partial charge in [0.1, 0.15) is 0 Å². The first-order valence-electron chi connectivity index (χ1n) is 6.11. The minimum atomic E-state index is -0.351. The molecule has 0 aromatic rings. The summed E-state index contributed by atoms with van der Waals surface area (Å²) in [6, 6.07) is -0.351. The van der Waals surface area contributed by atoms with Crippen LogP contribution in [0.2, 0.25) is 0 Å². The van der Waals surface area contributed by atoms with Gasteiger partial charge in [-0.25, -0.2) is 0 Å². The van der Waals surface area contributed by atoms with Crippen LogP contribution in [0.25, 0.3) is 0 Å². The summed E-state index contributed by atoms with van der Waals surface area (Å²) in [5.74, 6) is 0.539. The number of hydrogen-bond acceptors (Lipinski definition) is 3. The van der Waals surface area contributed by atoms with Gasteiger partial charge in [-0.1, -0.05) is 13.8 Å². The van der Waals surface area contributed by atoms with Gasteiger partial charge in [-0.2, -0.15) is 0 Å². The highest BCUT2D eigenvalue weighted by atomic mass is 16.5. The highest BCUT2D eigenvalue weighted by molar-refractivity contribution is 5.81. The van der Waals surface area contributed by atoms with Gasteiger partial charge >= 0.3 is 0 Å². The predicted molar refractivity (Wildman–Crippen MR) is 64.0 cm³/mol. The third-order valence-electron chi connectivity index (χ3n) is 3.07. The molecule has 0 spiro atoms. The van der Waals surface area contributed by atoms with Crippen LogP contribution in [-0.2, 0) is 9.53 Å². The van der Waals surface area contributed by atoms with Crippen LogP contribution in [0.3, 0.4) is 0 Å². The van der Waals surface area contributed by atoms with Crippen molar-refractivity contribution in [3.8, 4) is 0 Å². The van der Waals surface area contributed by atoms with Crippen molar-refractivity contribution in [1.29, 1.82) is 0 Å². The Kier molecular flexibility index (Phi) is 5.22. The van der Waals surface area contributed by atoms with E-state index in [0.717, 1.165) is 25.8 Å². The molecule has 0 aromatic heterocycles. The number of piperidine rings is 1. The van der Waals surface area contributed by atoms with Gasteiger partial charge in [0.15, 0.2) is 0 Å². The maximum absolute atomic E-state index is 12.0. The van der Waals surface area contributed by atoms with Crippen molar-refractivity contribution >= 4 is 5.91 Å². The molecule has 0 bridgehead atoms. The highest BCUT2D eigenvalue weighted by Gasteiger charge is 2.27. The van der Waals surface area contributed by atoms with E-state index < -0.39 is 0 Å². The summed E-state index contributed by atoms with van der Waals surface area (Å²) in [5.41, 5.74) is 5.90. The third-order valence-corrected chi connectivity index (χ3v) is 3.07. The Morgan fingerprint density at radius 3 is 2.81 bits per heavy atom. The first-order chi connectivity index (χ1) is 7.54. The lowest BCUT2D eigenvalue weighted by molar-refractivity contribution is -0.136. The zero-order chi connectivity index (χ0) is 12.1. The van der Waals surface area contributed by atoms with Gasteiger partial charge in [0.25, 0.3) is 0 Å².